The third kappa shape index (κ3) is 3.41. The van der Waals surface area contributed by atoms with Crippen molar-refractivity contribution in [2.24, 2.45) is 0 Å². The molecule has 0 aliphatic carbocycles. The Balaban J connectivity index is 1.94. The molecule has 2 N–H and O–H groups in total. The molecular weight excluding hydrogens is 216 g/mol. The fourth-order valence-electron chi connectivity index (χ4n) is 2.91. The minimum atomic E-state index is -0.490. The number of hydrogen-bond acceptors (Lipinski definition) is 4. The van der Waals surface area contributed by atoms with Crippen LogP contribution in [0.1, 0.15) is 33.1 Å². The first-order chi connectivity index (χ1) is 8.13. The summed E-state index contributed by atoms with van der Waals surface area (Å²) < 4.78 is 5.70. The molecule has 0 bridgehead atoms. The third-order valence-electron chi connectivity index (χ3n) is 4.08. The average Bonchev–Trinajstić information content (AvgIpc) is 2.29. The normalized spacial score (nSPS) is 34.8. The van der Waals surface area contributed by atoms with Crippen LogP contribution >= 0.6 is 0 Å². The number of ether oxygens (including phenoxy) is 1. The van der Waals surface area contributed by atoms with Gasteiger partial charge in [-0.1, -0.05) is 6.92 Å². The van der Waals surface area contributed by atoms with E-state index in [4.69, 9.17) is 4.74 Å². The number of rotatable bonds is 3. The molecule has 4 nitrogen and oxygen atoms in total. The summed E-state index contributed by atoms with van der Waals surface area (Å²) in [5.41, 5.74) is -0.490. The minimum Gasteiger partial charge on any atom is -0.388 e. The van der Waals surface area contributed by atoms with Gasteiger partial charge < -0.3 is 15.2 Å². The Labute approximate surface area is 104 Å². The minimum absolute atomic E-state index is 0.295. The number of nitrogens with one attached hydrogen (secondary N) is 1. The smallest absolute Gasteiger partial charge is 0.0798 e. The van der Waals surface area contributed by atoms with E-state index in [1.807, 2.05) is 0 Å². The highest BCUT2D eigenvalue weighted by Crippen LogP contribution is 2.23. The van der Waals surface area contributed by atoms with Crippen LogP contribution in [-0.4, -0.2) is 60.5 Å². The average molecular weight is 242 g/mol. The molecule has 17 heavy (non-hydrogen) atoms. The quantitative estimate of drug-likeness (QED) is 0.761. The molecule has 2 atom stereocenters. The summed E-state index contributed by atoms with van der Waals surface area (Å²) in [4.78, 5) is 2.43. The van der Waals surface area contributed by atoms with E-state index < -0.39 is 5.60 Å². The van der Waals surface area contributed by atoms with Crippen molar-refractivity contribution in [2.75, 3.05) is 32.8 Å². The zero-order chi connectivity index (χ0) is 12.3. The van der Waals surface area contributed by atoms with Crippen molar-refractivity contribution in [2.45, 2.75) is 50.9 Å². The van der Waals surface area contributed by atoms with Gasteiger partial charge in [0.15, 0.2) is 0 Å². The molecule has 4 heteroatoms. The SMILES string of the molecule is CCC1COC(C)CN1CC1(O)CCNCC1. The molecular formula is C13H26N2O2. The first-order valence-electron chi connectivity index (χ1n) is 6.92. The molecule has 2 aliphatic rings. The van der Waals surface area contributed by atoms with Crippen LogP contribution in [0, 0.1) is 0 Å². The van der Waals surface area contributed by atoms with Crippen LogP contribution in [0.25, 0.3) is 0 Å². The molecule has 2 saturated heterocycles. The van der Waals surface area contributed by atoms with Gasteiger partial charge in [0.05, 0.1) is 18.3 Å². The van der Waals surface area contributed by atoms with Gasteiger partial charge in [0.2, 0.25) is 0 Å². The maximum absolute atomic E-state index is 10.6. The largest absolute Gasteiger partial charge is 0.388 e. The van der Waals surface area contributed by atoms with Gasteiger partial charge in [0.25, 0.3) is 0 Å². The summed E-state index contributed by atoms with van der Waals surface area (Å²) in [6.45, 7) is 8.76. The number of morpholine rings is 1. The summed E-state index contributed by atoms with van der Waals surface area (Å²) >= 11 is 0. The van der Waals surface area contributed by atoms with E-state index >= 15 is 0 Å². The second-order valence-electron chi connectivity index (χ2n) is 5.61. The first-order valence-corrected chi connectivity index (χ1v) is 6.92. The Kier molecular flexibility index (Phi) is 4.42. The van der Waals surface area contributed by atoms with Gasteiger partial charge in [-0.15, -0.1) is 0 Å². The van der Waals surface area contributed by atoms with Crippen LogP contribution in [0.15, 0.2) is 0 Å². The van der Waals surface area contributed by atoms with Gasteiger partial charge in [-0.25, -0.2) is 0 Å². The van der Waals surface area contributed by atoms with Crippen LogP contribution in [0.5, 0.6) is 0 Å². The van der Waals surface area contributed by atoms with Crippen molar-refractivity contribution in [1.82, 2.24) is 10.2 Å². The number of hydrogen-bond donors (Lipinski definition) is 2. The van der Waals surface area contributed by atoms with E-state index in [1.54, 1.807) is 0 Å². The van der Waals surface area contributed by atoms with Gasteiger partial charge >= 0.3 is 0 Å². The van der Waals surface area contributed by atoms with Gasteiger partial charge in [-0.05, 0) is 39.3 Å². The van der Waals surface area contributed by atoms with Crippen LogP contribution in [0.2, 0.25) is 0 Å². The molecule has 0 radical (unpaired) electrons. The molecule has 2 fully saturated rings. The summed E-state index contributed by atoms with van der Waals surface area (Å²) in [5.74, 6) is 0. The Morgan fingerprint density at radius 3 is 2.76 bits per heavy atom. The number of β-amino-alcohol motifs (C(OH)–C–C–N with tert-alkyl or cyclic N) is 1. The Hall–Kier alpha value is -0.160. The summed E-state index contributed by atoms with van der Waals surface area (Å²) in [6, 6.07) is 0.477. The maximum Gasteiger partial charge on any atom is 0.0798 e. The van der Waals surface area contributed by atoms with Gasteiger partial charge in [-0.3, -0.25) is 4.90 Å². The van der Waals surface area contributed by atoms with E-state index in [0.29, 0.717) is 12.1 Å². The highest BCUT2D eigenvalue weighted by molar-refractivity contribution is 4.90. The maximum atomic E-state index is 10.6. The highest BCUT2D eigenvalue weighted by Gasteiger charge is 2.35. The zero-order valence-electron chi connectivity index (χ0n) is 11.1. The molecule has 2 rings (SSSR count). The second kappa shape index (κ2) is 5.65. The van der Waals surface area contributed by atoms with Crippen molar-refractivity contribution in [1.29, 1.82) is 0 Å². The van der Waals surface area contributed by atoms with Crippen LogP contribution in [-0.2, 0) is 4.74 Å². The molecule has 2 aliphatic heterocycles. The van der Waals surface area contributed by atoms with E-state index in [9.17, 15) is 5.11 Å². The molecule has 2 unspecified atom stereocenters. The lowest BCUT2D eigenvalue weighted by molar-refractivity contribution is -0.0954. The lowest BCUT2D eigenvalue weighted by Crippen LogP contribution is -2.56. The zero-order valence-corrected chi connectivity index (χ0v) is 11.1. The summed E-state index contributed by atoms with van der Waals surface area (Å²) in [7, 11) is 0. The van der Waals surface area contributed by atoms with E-state index in [1.165, 1.54) is 0 Å². The lowest BCUT2D eigenvalue weighted by Gasteiger charge is -2.44. The van der Waals surface area contributed by atoms with Crippen molar-refractivity contribution >= 4 is 0 Å². The summed E-state index contributed by atoms with van der Waals surface area (Å²) in [6.07, 6.45) is 3.13. The molecule has 0 amide bonds. The lowest BCUT2D eigenvalue weighted by atomic mass is 9.91. The first kappa shape index (κ1) is 13.3. The predicted octanol–water partition coefficient (Wildman–Crippen LogP) is 0.600. The monoisotopic (exact) mass is 242 g/mol. The molecule has 0 aromatic heterocycles. The Bertz CT molecular complexity index is 242. The number of aliphatic hydroxyl groups is 1. The van der Waals surface area contributed by atoms with Crippen LogP contribution in [0.3, 0.4) is 0 Å². The topological polar surface area (TPSA) is 44.7 Å². The summed E-state index contributed by atoms with van der Waals surface area (Å²) in [5, 5.41) is 13.9. The molecule has 100 valence electrons. The van der Waals surface area contributed by atoms with Crippen LogP contribution in [0.4, 0.5) is 0 Å². The van der Waals surface area contributed by atoms with Gasteiger partial charge in [0, 0.05) is 19.1 Å². The van der Waals surface area contributed by atoms with Gasteiger partial charge in [0.1, 0.15) is 0 Å². The standard InChI is InChI=1S/C13H26N2O2/c1-3-12-9-17-11(2)8-15(12)10-13(16)4-6-14-7-5-13/h11-12,14,16H,3-10H2,1-2H3. The molecule has 0 spiro atoms. The Morgan fingerprint density at radius 1 is 1.41 bits per heavy atom. The van der Waals surface area contributed by atoms with Gasteiger partial charge in [-0.2, -0.15) is 0 Å². The highest BCUT2D eigenvalue weighted by atomic mass is 16.5. The molecule has 0 aromatic carbocycles. The third-order valence-corrected chi connectivity index (χ3v) is 4.08. The van der Waals surface area contributed by atoms with Crippen LogP contribution < -0.4 is 5.32 Å². The van der Waals surface area contributed by atoms with Crippen molar-refractivity contribution < 1.29 is 9.84 Å². The van der Waals surface area contributed by atoms with Crippen molar-refractivity contribution in [3.63, 3.8) is 0 Å². The molecule has 2 heterocycles. The van der Waals surface area contributed by atoms with Crippen molar-refractivity contribution in [3.05, 3.63) is 0 Å². The number of nitrogens with zero attached hydrogens (tertiary/aromatic N) is 1. The number of piperidine rings is 1. The fourth-order valence-corrected chi connectivity index (χ4v) is 2.91. The fraction of sp³-hybridized carbons (Fsp3) is 1.00. The predicted molar refractivity (Wildman–Crippen MR) is 68.1 cm³/mol. The van der Waals surface area contributed by atoms with E-state index in [2.05, 4.69) is 24.1 Å². The van der Waals surface area contributed by atoms with E-state index in [-0.39, 0.29) is 0 Å². The second-order valence-corrected chi connectivity index (χ2v) is 5.61. The Morgan fingerprint density at radius 2 is 2.12 bits per heavy atom. The molecule has 0 saturated carbocycles. The van der Waals surface area contributed by atoms with E-state index in [0.717, 1.165) is 52.0 Å². The van der Waals surface area contributed by atoms with Crippen molar-refractivity contribution in [3.8, 4) is 0 Å². The molecule has 0 aromatic rings.